The molecule has 2 N–H and O–H groups in total. The van der Waals surface area contributed by atoms with E-state index in [-0.39, 0.29) is 28.7 Å². The molecule has 1 amide bonds. The first-order chi connectivity index (χ1) is 15.9. The zero-order valence-corrected chi connectivity index (χ0v) is 18.7. The van der Waals surface area contributed by atoms with Crippen molar-refractivity contribution in [2.24, 2.45) is 5.73 Å². The lowest BCUT2D eigenvalue weighted by Gasteiger charge is -2.32. The van der Waals surface area contributed by atoms with Crippen LogP contribution in [-0.2, 0) is 21.5 Å². The number of thiophene rings is 1. The van der Waals surface area contributed by atoms with Crippen LogP contribution >= 0.6 is 11.3 Å². The second-order valence-electron chi connectivity index (χ2n) is 7.78. The molecule has 2 aliphatic heterocycles. The van der Waals surface area contributed by atoms with Crippen molar-refractivity contribution >= 4 is 28.9 Å². The number of esters is 1. The number of nitrogens with zero attached hydrogens (tertiary/aromatic N) is 2. The topological polar surface area (TPSA) is 106 Å². The minimum atomic E-state index is -1.50. The summed E-state index contributed by atoms with van der Waals surface area (Å²) in [6.45, 7) is 2.07. The molecule has 1 aromatic heterocycles. The Labute approximate surface area is 194 Å². The maximum Gasteiger partial charge on any atom is 0.342 e. The lowest BCUT2D eigenvalue weighted by molar-refractivity contribution is -0.121. The van der Waals surface area contributed by atoms with Crippen molar-refractivity contribution in [2.45, 2.75) is 18.9 Å². The molecule has 0 fully saturated rings. The average Bonchev–Trinajstić information content (AvgIpc) is 3.27. The van der Waals surface area contributed by atoms with Gasteiger partial charge in [0.25, 0.3) is 0 Å². The number of fused-ring (bicyclic) bond motifs is 4. The van der Waals surface area contributed by atoms with Crippen LogP contribution in [0.2, 0.25) is 0 Å². The third kappa shape index (κ3) is 2.73. The molecule has 1 unspecified atom stereocenters. The van der Waals surface area contributed by atoms with Gasteiger partial charge in [-0.3, -0.25) is 4.79 Å². The minimum Gasteiger partial charge on any atom is -0.465 e. The van der Waals surface area contributed by atoms with Crippen LogP contribution in [-0.4, -0.2) is 19.0 Å². The number of amides is 1. The van der Waals surface area contributed by atoms with Gasteiger partial charge in [0, 0.05) is 16.1 Å². The van der Waals surface area contributed by atoms with Gasteiger partial charge in [-0.15, -0.1) is 11.3 Å². The molecule has 3 aromatic rings. The van der Waals surface area contributed by atoms with Crippen LogP contribution in [0, 0.1) is 18.3 Å². The molecule has 2 aromatic carbocycles. The van der Waals surface area contributed by atoms with Crippen LogP contribution in [0.5, 0.6) is 5.75 Å². The van der Waals surface area contributed by atoms with Gasteiger partial charge in [-0.05, 0) is 18.6 Å². The SMILES string of the molecule is COC(=O)c1c(C)sc2c1OC(N)=C(C#N)C21C(=O)N(Cc2ccccc2)c2ccccc21. The van der Waals surface area contributed by atoms with Crippen LogP contribution in [0.3, 0.4) is 0 Å². The summed E-state index contributed by atoms with van der Waals surface area (Å²) < 4.78 is 10.7. The predicted molar refractivity (Wildman–Crippen MR) is 123 cm³/mol. The molecule has 7 nitrogen and oxygen atoms in total. The zero-order valence-electron chi connectivity index (χ0n) is 17.9. The molecular weight excluding hydrogens is 438 g/mol. The number of para-hydroxylation sites is 1. The van der Waals surface area contributed by atoms with Gasteiger partial charge in [0.1, 0.15) is 17.2 Å². The minimum absolute atomic E-state index is 0.0145. The Hall–Kier alpha value is -4.09. The van der Waals surface area contributed by atoms with E-state index >= 15 is 0 Å². The van der Waals surface area contributed by atoms with Crippen molar-refractivity contribution < 1.29 is 19.1 Å². The molecule has 2 aliphatic rings. The van der Waals surface area contributed by atoms with Crippen LogP contribution < -0.4 is 15.4 Å². The van der Waals surface area contributed by atoms with Crippen molar-refractivity contribution in [2.75, 3.05) is 12.0 Å². The quantitative estimate of drug-likeness (QED) is 0.601. The number of carbonyl (C=O) groups is 2. The Morgan fingerprint density at radius 3 is 2.61 bits per heavy atom. The van der Waals surface area contributed by atoms with Gasteiger partial charge in [0.2, 0.25) is 11.8 Å². The number of carbonyl (C=O) groups excluding carboxylic acids is 2. The van der Waals surface area contributed by atoms with E-state index in [4.69, 9.17) is 15.2 Å². The highest BCUT2D eigenvalue weighted by molar-refractivity contribution is 7.13. The van der Waals surface area contributed by atoms with E-state index in [0.717, 1.165) is 5.56 Å². The lowest BCUT2D eigenvalue weighted by atomic mass is 9.72. The zero-order chi connectivity index (χ0) is 23.3. The summed E-state index contributed by atoms with van der Waals surface area (Å²) >= 11 is 1.24. The first-order valence-electron chi connectivity index (χ1n) is 10.2. The van der Waals surface area contributed by atoms with Gasteiger partial charge in [-0.25, -0.2) is 4.79 Å². The maximum atomic E-state index is 14.3. The first kappa shape index (κ1) is 20.8. The third-order valence-electron chi connectivity index (χ3n) is 6.06. The third-order valence-corrected chi connectivity index (χ3v) is 7.27. The standard InChI is InChI=1S/C25H19N3O4S/c1-14-19(23(29)31-2)20-21(33-14)25(17(12-26)22(27)32-20)16-10-6-7-11-18(16)28(24(25)30)13-15-8-4-3-5-9-15/h3-11H,13,27H2,1-2H3. The summed E-state index contributed by atoms with van der Waals surface area (Å²) in [4.78, 5) is 29.6. The maximum absolute atomic E-state index is 14.3. The number of methoxy groups -OCH3 is 1. The summed E-state index contributed by atoms with van der Waals surface area (Å²) in [5.74, 6) is -0.925. The summed E-state index contributed by atoms with van der Waals surface area (Å²) in [5, 5.41) is 10.1. The summed E-state index contributed by atoms with van der Waals surface area (Å²) in [6, 6.07) is 19.1. The Bertz CT molecular complexity index is 1390. The second-order valence-corrected chi connectivity index (χ2v) is 9.00. The summed E-state index contributed by atoms with van der Waals surface area (Å²) in [5.41, 5.74) is 7.20. The number of rotatable bonds is 3. The fourth-order valence-electron chi connectivity index (χ4n) is 4.64. The van der Waals surface area contributed by atoms with E-state index in [9.17, 15) is 14.9 Å². The van der Waals surface area contributed by atoms with Crippen molar-refractivity contribution in [3.05, 3.63) is 92.5 Å². The van der Waals surface area contributed by atoms with Gasteiger partial charge in [-0.1, -0.05) is 48.5 Å². The number of ether oxygens (including phenoxy) is 2. The predicted octanol–water partition coefficient (Wildman–Crippen LogP) is 3.76. The lowest BCUT2D eigenvalue weighted by Crippen LogP contribution is -2.45. The smallest absolute Gasteiger partial charge is 0.342 e. The number of nitriles is 1. The molecule has 1 spiro atoms. The van der Waals surface area contributed by atoms with E-state index in [1.807, 2.05) is 54.6 Å². The fourth-order valence-corrected chi connectivity index (χ4v) is 5.92. The normalized spacial score (nSPS) is 18.6. The molecule has 5 rings (SSSR count). The number of hydrogen-bond acceptors (Lipinski definition) is 7. The van der Waals surface area contributed by atoms with Crippen molar-refractivity contribution in [3.8, 4) is 11.8 Å². The molecule has 0 bridgehead atoms. The number of anilines is 1. The summed E-state index contributed by atoms with van der Waals surface area (Å²) in [7, 11) is 1.28. The van der Waals surface area contributed by atoms with E-state index in [2.05, 4.69) is 6.07 Å². The van der Waals surface area contributed by atoms with Gasteiger partial charge < -0.3 is 20.1 Å². The molecule has 0 saturated carbocycles. The van der Waals surface area contributed by atoms with Gasteiger partial charge in [0.05, 0.1) is 18.5 Å². The first-order valence-corrected chi connectivity index (χ1v) is 11.0. The molecule has 1 atom stereocenters. The monoisotopic (exact) mass is 457 g/mol. The Morgan fingerprint density at radius 2 is 1.91 bits per heavy atom. The number of benzene rings is 2. The summed E-state index contributed by atoms with van der Waals surface area (Å²) in [6.07, 6.45) is 0. The van der Waals surface area contributed by atoms with Gasteiger partial charge >= 0.3 is 5.97 Å². The fraction of sp³-hybridized carbons (Fsp3) is 0.160. The van der Waals surface area contributed by atoms with E-state index in [0.29, 0.717) is 27.5 Å². The highest BCUT2D eigenvalue weighted by atomic mass is 32.1. The molecule has 3 heterocycles. The molecule has 0 aliphatic carbocycles. The Balaban J connectivity index is 1.81. The number of nitrogens with two attached hydrogens (primary N) is 1. The molecule has 8 heteroatoms. The van der Waals surface area contributed by atoms with Gasteiger partial charge in [0.15, 0.2) is 11.2 Å². The molecule has 33 heavy (non-hydrogen) atoms. The largest absolute Gasteiger partial charge is 0.465 e. The van der Waals surface area contributed by atoms with E-state index < -0.39 is 11.4 Å². The molecule has 164 valence electrons. The van der Waals surface area contributed by atoms with Crippen LogP contribution in [0.25, 0.3) is 0 Å². The van der Waals surface area contributed by atoms with Crippen LogP contribution in [0.4, 0.5) is 5.69 Å². The van der Waals surface area contributed by atoms with Crippen LogP contribution in [0.15, 0.2) is 66.1 Å². The Kier molecular flexibility index (Phi) is 4.73. The van der Waals surface area contributed by atoms with Crippen molar-refractivity contribution in [3.63, 3.8) is 0 Å². The molecule has 0 saturated heterocycles. The molecular formula is C25H19N3O4S. The second kappa shape index (κ2) is 7.50. The van der Waals surface area contributed by atoms with Gasteiger partial charge in [-0.2, -0.15) is 5.26 Å². The Morgan fingerprint density at radius 1 is 1.21 bits per heavy atom. The number of hydrogen-bond donors (Lipinski definition) is 1. The highest BCUT2D eigenvalue weighted by Crippen LogP contribution is 2.58. The average molecular weight is 458 g/mol. The van der Waals surface area contributed by atoms with E-state index in [1.54, 1.807) is 11.8 Å². The van der Waals surface area contributed by atoms with Crippen molar-refractivity contribution in [1.82, 2.24) is 0 Å². The highest BCUT2D eigenvalue weighted by Gasteiger charge is 2.60. The van der Waals surface area contributed by atoms with Crippen molar-refractivity contribution in [1.29, 1.82) is 5.26 Å². The number of aryl methyl sites for hydroxylation is 1. The van der Waals surface area contributed by atoms with Crippen LogP contribution in [0.1, 0.15) is 31.2 Å². The molecule has 0 radical (unpaired) electrons. The van der Waals surface area contributed by atoms with E-state index in [1.165, 1.54) is 18.4 Å².